The second-order valence-corrected chi connectivity index (χ2v) is 7.27. The average molecular weight is 498 g/mol. The molecule has 15 nitrogen and oxygen atoms in total. The largest absolute Gasteiger partial charge is 0.477 e. The predicted molar refractivity (Wildman–Crippen MR) is 111 cm³/mol. The molecule has 1 aliphatic rings. The number of nitrogens with one attached hydrogen (secondary N) is 2. The van der Waals surface area contributed by atoms with Crippen LogP contribution in [-0.4, -0.2) is 133 Å². The normalized spacial score (nSPS) is 26.4. The van der Waals surface area contributed by atoms with Crippen molar-refractivity contribution in [2.75, 3.05) is 53.3 Å². The van der Waals surface area contributed by atoms with Crippen molar-refractivity contribution in [1.29, 1.82) is 0 Å². The van der Waals surface area contributed by atoms with E-state index >= 15 is 0 Å². The third-order valence-electron chi connectivity index (χ3n) is 4.81. The molecule has 198 valence electrons. The van der Waals surface area contributed by atoms with Crippen LogP contribution in [0.3, 0.4) is 0 Å². The van der Waals surface area contributed by atoms with Gasteiger partial charge in [0.15, 0.2) is 0 Å². The standard InChI is InChI=1S/C19H34N2O13/c1-3-33-19(17(27)28)8-11(23)14(16(34-19)15(26)12(24)10-22)21-13(25)9-20-18(29)32-7-6-31-5-4-30-2/h11-12,14-16,22-24,26H,3-10H2,1-2H3,(H,20,29)(H,21,25)(H,27,28)/t11-,12-,14-,15-,16?,19-/m1/s1. The molecule has 2 amide bonds. The van der Waals surface area contributed by atoms with E-state index in [1.807, 2.05) is 0 Å². The molecule has 1 aliphatic heterocycles. The first-order valence-electron chi connectivity index (χ1n) is 10.6. The maximum atomic E-state index is 12.3. The monoisotopic (exact) mass is 498 g/mol. The van der Waals surface area contributed by atoms with Crippen molar-refractivity contribution in [3.63, 3.8) is 0 Å². The smallest absolute Gasteiger partial charge is 0.407 e. The molecule has 0 saturated carbocycles. The number of rotatable bonds is 15. The van der Waals surface area contributed by atoms with E-state index in [1.165, 1.54) is 14.0 Å². The van der Waals surface area contributed by atoms with Crippen molar-refractivity contribution in [3.05, 3.63) is 0 Å². The van der Waals surface area contributed by atoms with Gasteiger partial charge in [0.2, 0.25) is 5.91 Å². The molecule has 0 bridgehead atoms. The molecule has 15 heteroatoms. The Balaban J connectivity index is 2.74. The molecule has 1 heterocycles. The van der Waals surface area contributed by atoms with E-state index in [4.69, 9.17) is 28.8 Å². The fourth-order valence-corrected chi connectivity index (χ4v) is 3.15. The molecule has 1 saturated heterocycles. The Kier molecular flexibility index (Phi) is 13.2. The van der Waals surface area contributed by atoms with Gasteiger partial charge in [-0.05, 0) is 6.92 Å². The van der Waals surface area contributed by atoms with Gasteiger partial charge in [-0.25, -0.2) is 9.59 Å². The number of aliphatic hydroxyl groups excluding tert-OH is 4. The lowest BCUT2D eigenvalue weighted by atomic mass is 9.88. The molecule has 0 aromatic rings. The third-order valence-corrected chi connectivity index (χ3v) is 4.81. The van der Waals surface area contributed by atoms with Gasteiger partial charge in [0, 0.05) is 20.1 Å². The Bertz CT molecular complexity index is 652. The number of carboxylic acid groups (broad SMARTS) is 1. The molecule has 6 atom stereocenters. The molecule has 0 aliphatic carbocycles. The van der Waals surface area contributed by atoms with Gasteiger partial charge in [-0.1, -0.05) is 0 Å². The molecule has 0 spiro atoms. The molecule has 1 unspecified atom stereocenters. The van der Waals surface area contributed by atoms with E-state index in [0.717, 1.165) is 0 Å². The molecular weight excluding hydrogens is 464 g/mol. The van der Waals surface area contributed by atoms with Crippen LogP contribution in [0.25, 0.3) is 0 Å². The van der Waals surface area contributed by atoms with Crippen molar-refractivity contribution < 1.29 is 63.6 Å². The summed E-state index contributed by atoms with van der Waals surface area (Å²) in [5.74, 6) is -4.79. The first kappa shape index (κ1) is 29.9. The Labute approximate surface area is 195 Å². The van der Waals surface area contributed by atoms with Crippen molar-refractivity contribution >= 4 is 18.0 Å². The molecule has 7 N–H and O–H groups in total. The number of hydrogen-bond donors (Lipinski definition) is 7. The Morgan fingerprint density at radius 3 is 2.44 bits per heavy atom. The van der Waals surface area contributed by atoms with E-state index in [0.29, 0.717) is 13.2 Å². The van der Waals surface area contributed by atoms with Crippen LogP contribution in [0.1, 0.15) is 13.3 Å². The Morgan fingerprint density at radius 1 is 1.18 bits per heavy atom. The van der Waals surface area contributed by atoms with Gasteiger partial charge in [0.25, 0.3) is 5.79 Å². The average Bonchev–Trinajstić information content (AvgIpc) is 2.80. The van der Waals surface area contributed by atoms with Crippen molar-refractivity contribution in [2.45, 2.75) is 49.6 Å². The highest BCUT2D eigenvalue weighted by molar-refractivity contribution is 5.82. The number of ether oxygens (including phenoxy) is 5. The number of carbonyl (C=O) groups excluding carboxylic acids is 2. The number of amides is 2. The van der Waals surface area contributed by atoms with E-state index in [2.05, 4.69) is 10.6 Å². The molecule has 0 aromatic heterocycles. The van der Waals surface area contributed by atoms with Crippen molar-refractivity contribution in [2.24, 2.45) is 0 Å². The Morgan fingerprint density at radius 2 is 1.85 bits per heavy atom. The maximum Gasteiger partial charge on any atom is 0.407 e. The van der Waals surface area contributed by atoms with Crippen molar-refractivity contribution in [1.82, 2.24) is 10.6 Å². The van der Waals surface area contributed by atoms with Crippen LogP contribution in [0.15, 0.2) is 0 Å². The SMILES string of the molecule is CCO[C@]1(C(=O)O)C[C@@H](O)[C@@H](NC(=O)CNC(=O)OCCOCCOC)C([C@H](O)[C@H](O)CO)O1. The van der Waals surface area contributed by atoms with Crippen LogP contribution in [0, 0.1) is 0 Å². The van der Waals surface area contributed by atoms with Crippen LogP contribution in [0.5, 0.6) is 0 Å². The van der Waals surface area contributed by atoms with Crippen LogP contribution < -0.4 is 10.6 Å². The zero-order valence-corrected chi connectivity index (χ0v) is 19.0. The van der Waals surface area contributed by atoms with Crippen LogP contribution >= 0.6 is 0 Å². The topological polar surface area (TPSA) is 223 Å². The second-order valence-electron chi connectivity index (χ2n) is 7.27. The fraction of sp³-hybridized carbons (Fsp3) is 0.842. The van der Waals surface area contributed by atoms with Gasteiger partial charge in [-0.3, -0.25) is 4.79 Å². The van der Waals surface area contributed by atoms with Crippen molar-refractivity contribution in [3.8, 4) is 0 Å². The summed E-state index contributed by atoms with van der Waals surface area (Å²) < 4.78 is 25.3. The summed E-state index contributed by atoms with van der Waals surface area (Å²) in [5, 5.41) is 54.0. The summed E-state index contributed by atoms with van der Waals surface area (Å²) in [5.41, 5.74) is 0. The number of aliphatic carboxylic acids is 1. The van der Waals surface area contributed by atoms with E-state index in [1.54, 1.807) is 0 Å². The number of carboxylic acids is 1. The summed E-state index contributed by atoms with van der Waals surface area (Å²) in [6.07, 6.45) is -8.49. The Hall–Kier alpha value is -2.11. The van der Waals surface area contributed by atoms with Gasteiger partial charge in [0.1, 0.15) is 31.5 Å². The quantitative estimate of drug-likeness (QED) is 0.109. The highest BCUT2D eigenvalue weighted by Gasteiger charge is 2.55. The minimum absolute atomic E-state index is 0.0750. The zero-order valence-electron chi connectivity index (χ0n) is 19.0. The summed E-state index contributed by atoms with van der Waals surface area (Å²) in [7, 11) is 1.51. The van der Waals surface area contributed by atoms with Crippen LogP contribution in [0.4, 0.5) is 4.79 Å². The summed E-state index contributed by atoms with van der Waals surface area (Å²) in [6.45, 7) is 0.611. The first-order chi connectivity index (χ1) is 16.1. The van der Waals surface area contributed by atoms with E-state index in [-0.39, 0.29) is 19.8 Å². The zero-order chi connectivity index (χ0) is 25.7. The second kappa shape index (κ2) is 15.0. The number of alkyl carbamates (subject to hydrolysis) is 1. The fourth-order valence-electron chi connectivity index (χ4n) is 3.15. The highest BCUT2D eigenvalue weighted by Crippen LogP contribution is 2.33. The predicted octanol–water partition coefficient (Wildman–Crippen LogP) is -3.46. The van der Waals surface area contributed by atoms with Gasteiger partial charge < -0.3 is 59.9 Å². The molecule has 1 fully saturated rings. The van der Waals surface area contributed by atoms with Gasteiger partial charge in [-0.15, -0.1) is 0 Å². The minimum Gasteiger partial charge on any atom is -0.477 e. The number of methoxy groups -OCH3 is 1. The number of aliphatic hydroxyl groups is 4. The molecule has 34 heavy (non-hydrogen) atoms. The third kappa shape index (κ3) is 8.92. The van der Waals surface area contributed by atoms with Gasteiger partial charge in [0.05, 0.1) is 38.6 Å². The molecule has 0 radical (unpaired) electrons. The highest BCUT2D eigenvalue weighted by atomic mass is 16.7. The summed E-state index contributed by atoms with van der Waals surface area (Å²) in [6, 6.07) is -1.41. The molecule has 1 rings (SSSR count). The molecular formula is C19H34N2O13. The van der Waals surface area contributed by atoms with Crippen LogP contribution in [-0.2, 0) is 33.3 Å². The first-order valence-corrected chi connectivity index (χ1v) is 10.6. The molecule has 0 aromatic carbocycles. The lowest BCUT2D eigenvalue weighted by molar-refractivity contribution is -0.310. The van der Waals surface area contributed by atoms with Gasteiger partial charge in [-0.2, -0.15) is 0 Å². The van der Waals surface area contributed by atoms with Crippen LogP contribution in [0.2, 0.25) is 0 Å². The van der Waals surface area contributed by atoms with E-state index < -0.39 is 73.8 Å². The summed E-state index contributed by atoms with van der Waals surface area (Å²) in [4.78, 5) is 35.8. The number of carbonyl (C=O) groups is 3. The lowest BCUT2D eigenvalue weighted by Crippen LogP contribution is -2.68. The number of hydrogen-bond acceptors (Lipinski definition) is 12. The van der Waals surface area contributed by atoms with E-state index in [9.17, 15) is 34.8 Å². The lowest BCUT2D eigenvalue weighted by Gasteiger charge is -2.46. The summed E-state index contributed by atoms with van der Waals surface area (Å²) >= 11 is 0. The maximum absolute atomic E-state index is 12.3. The van der Waals surface area contributed by atoms with Gasteiger partial charge >= 0.3 is 12.1 Å². The minimum atomic E-state index is -2.36.